The normalized spacial score (nSPS) is 11.6. The number of pyridine rings is 1. The standard InChI is InChI=1S/C29H29FN4O5/c1-4-19-13-21(30)11-17(2)27(19)28(35)34-23(29(36)37)12-18-5-7-20(8-6-18)24-15-33-26(39-24)16-32-25-14-22(38-3)9-10-31-25/h5-11,13-15,23H,4,12,16H2,1-3H3,(H,31,32)(H,34,35)(H,36,37). The quantitative estimate of drug-likeness (QED) is 0.252. The lowest BCUT2D eigenvalue weighted by Gasteiger charge is -2.17. The van der Waals surface area contributed by atoms with Gasteiger partial charge in [-0.3, -0.25) is 4.79 Å². The van der Waals surface area contributed by atoms with Crippen molar-refractivity contribution in [2.75, 3.05) is 12.4 Å². The molecule has 3 N–H and O–H groups in total. The highest BCUT2D eigenvalue weighted by Crippen LogP contribution is 2.23. The van der Waals surface area contributed by atoms with Gasteiger partial charge in [-0.2, -0.15) is 0 Å². The van der Waals surface area contributed by atoms with Gasteiger partial charge in [-0.1, -0.05) is 31.2 Å². The SMILES string of the molecule is CCc1cc(F)cc(C)c1C(=O)NC(Cc1ccc(-c2cnc(CNc3cc(OC)ccn3)o2)cc1)C(=O)O. The molecule has 0 spiro atoms. The van der Waals surface area contributed by atoms with Gasteiger partial charge < -0.3 is 24.9 Å². The number of anilines is 1. The molecule has 0 aliphatic heterocycles. The number of carboxylic acids is 1. The Balaban J connectivity index is 1.40. The second kappa shape index (κ2) is 12.2. The summed E-state index contributed by atoms with van der Waals surface area (Å²) >= 11 is 0. The van der Waals surface area contributed by atoms with Gasteiger partial charge in [-0.15, -0.1) is 0 Å². The number of ether oxygens (including phenoxy) is 1. The molecule has 2 aromatic heterocycles. The van der Waals surface area contributed by atoms with Crippen LogP contribution < -0.4 is 15.4 Å². The zero-order valence-electron chi connectivity index (χ0n) is 21.8. The number of carbonyl (C=O) groups is 2. The Labute approximate surface area is 225 Å². The average molecular weight is 533 g/mol. The molecule has 0 bridgehead atoms. The van der Waals surface area contributed by atoms with Crippen LogP contribution in [0.3, 0.4) is 0 Å². The van der Waals surface area contributed by atoms with Crippen LogP contribution in [0.2, 0.25) is 0 Å². The third kappa shape index (κ3) is 6.78. The molecule has 0 radical (unpaired) electrons. The van der Waals surface area contributed by atoms with Crippen LogP contribution in [0, 0.1) is 12.7 Å². The highest BCUT2D eigenvalue weighted by molar-refractivity contribution is 5.99. The topological polar surface area (TPSA) is 127 Å². The molecule has 0 saturated heterocycles. The van der Waals surface area contributed by atoms with Crippen molar-refractivity contribution >= 4 is 17.7 Å². The Bertz CT molecular complexity index is 1470. The van der Waals surface area contributed by atoms with Crippen molar-refractivity contribution in [3.05, 3.63) is 94.9 Å². The summed E-state index contributed by atoms with van der Waals surface area (Å²) in [5.41, 5.74) is 2.77. The molecule has 0 fully saturated rings. The van der Waals surface area contributed by atoms with Gasteiger partial charge in [0.25, 0.3) is 5.91 Å². The number of nitrogens with zero attached hydrogens (tertiary/aromatic N) is 2. The van der Waals surface area contributed by atoms with Crippen LogP contribution in [0.15, 0.2) is 65.3 Å². The predicted octanol–water partition coefficient (Wildman–Crippen LogP) is 4.79. The molecule has 4 rings (SSSR count). The average Bonchev–Trinajstić information content (AvgIpc) is 3.40. The van der Waals surface area contributed by atoms with Gasteiger partial charge in [0.05, 0.1) is 19.9 Å². The van der Waals surface area contributed by atoms with Crippen LogP contribution in [0.4, 0.5) is 10.2 Å². The van der Waals surface area contributed by atoms with Crippen LogP contribution in [0.1, 0.15) is 39.9 Å². The first-order valence-corrected chi connectivity index (χ1v) is 12.4. The monoisotopic (exact) mass is 532 g/mol. The first kappa shape index (κ1) is 27.3. The van der Waals surface area contributed by atoms with Gasteiger partial charge in [0, 0.05) is 29.8 Å². The summed E-state index contributed by atoms with van der Waals surface area (Å²) < 4.78 is 24.8. The number of halogens is 1. The van der Waals surface area contributed by atoms with Crippen molar-refractivity contribution in [1.82, 2.24) is 15.3 Å². The van der Waals surface area contributed by atoms with E-state index < -0.39 is 23.7 Å². The molecule has 4 aromatic rings. The van der Waals surface area contributed by atoms with Crippen molar-refractivity contribution in [2.24, 2.45) is 0 Å². The zero-order valence-corrected chi connectivity index (χ0v) is 21.8. The van der Waals surface area contributed by atoms with E-state index in [1.165, 1.54) is 12.1 Å². The Morgan fingerprint density at radius 3 is 2.59 bits per heavy atom. The van der Waals surface area contributed by atoms with Gasteiger partial charge in [0.2, 0.25) is 5.89 Å². The lowest BCUT2D eigenvalue weighted by molar-refractivity contribution is -0.139. The second-order valence-electron chi connectivity index (χ2n) is 8.93. The highest BCUT2D eigenvalue weighted by Gasteiger charge is 2.24. The number of carbonyl (C=O) groups excluding carboxylic acids is 1. The molecule has 10 heteroatoms. The van der Waals surface area contributed by atoms with Crippen LogP contribution >= 0.6 is 0 Å². The Kier molecular flexibility index (Phi) is 8.55. The summed E-state index contributed by atoms with van der Waals surface area (Å²) in [4.78, 5) is 33.4. The number of amides is 1. The van der Waals surface area contributed by atoms with Crippen LogP contribution in [0.5, 0.6) is 5.75 Å². The molecular weight excluding hydrogens is 503 g/mol. The summed E-state index contributed by atoms with van der Waals surface area (Å²) in [5.74, 6) is 0.192. The van der Waals surface area contributed by atoms with Gasteiger partial charge >= 0.3 is 5.97 Å². The van der Waals surface area contributed by atoms with E-state index in [9.17, 15) is 19.1 Å². The maximum absolute atomic E-state index is 13.8. The summed E-state index contributed by atoms with van der Waals surface area (Å²) in [6, 6.07) is 12.1. The van der Waals surface area contributed by atoms with E-state index in [0.717, 1.165) is 5.56 Å². The highest BCUT2D eigenvalue weighted by atomic mass is 19.1. The number of nitrogens with one attached hydrogen (secondary N) is 2. The van der Waals surface area contributed by atoms with Crippen LogP contribution in [-0.2, 0) is 24.2 Å². The van der Waals surface area contributed by atoms with E-state index >= 15 is 0 Å². The number of oxazole rings is 1. The minimum atomic E-state index is -1.16. The summed E-state index contributed by atoms with van der Waals surface area (Å²) in [6.45, 7) is 3.77. The number of aryl methyl sites for hydroxylation is 2. The summed E-state index contributed by atoms with van der Waals surface area (Å²) in [7, 11) is 1.58. The van der Waals surface area contributed by atoms with E-state index in [-0.39, 0.29) is 6.42 Å². The van der Waals surface area contributed by atoms with E-state index in [2.05, 4.69) is 20.6 Å². The molecule has 1 unspecified atom stereocenters. The number of hydrogen-bond donors (Lipinski definition) is 3. The fraction of sp³-hybridized carbons (Fsp3) is 0.241. The molecule has 0 aliphatic rings. The van der Waals surface area contributed by atoms with E-state index in [1.54, 1.807) is 62.8 Å². The number of aromatic nitrogens is 2. The Morgan fingerprint density at radius 2 is 1.90 bits per heavy atom. The predicted molar refractivity (Wildman–Crippen MR) is 143 cm³/mol. The first-order valence-electron chi connectivity index (χ1n) is 12.4. The zero-order chi connectivity index (χ0) is 27.9. The van der Waals surface area contributed by atoms with E-state index in [1.807, 2.05) is 6.92 Å². The van der Waals surface area contributed by atoms with Crippen LogP contribution in [-0.4, -0.2) is 40.1 Å². The minimum Gasteiger partial charge on any atom is -0.497 e. The second-order valence-corrected chi connectivity index (χ2v) is 8.93. The lowest BCUT2D eigenvalue weighted by Crippen LogP contribution is -2.42. The molecule has 39 heavy (non-hydrogen) atoms. The van der Waals surface area contributed by atoms with Crippen LogP contribution in [0.25, 0.3) is 11.3 Å². The largest absolute Gasteiger partial charge is 0.497 e. The Hall–Kier alpha value is -4.73. The van der Waals surface area contributed by atoms with Crippen molar-refractivity contribution in [3.63, 3.8) is 0 Å². The fourth-order valence-electron chi connectivity index (χ4n) is 4.21. The molecule has 9 nitrogen and oxygen atoms in total. The van der Waals surface area contributed by atoms with Crippen molar-refractivity contribution in [2.45, 2.75) is 39.3 Å². The first-order chi connectivity index (χ1) is 18.8. The number of carboxylic acid groups (broad SMARTS) is 1. The molecule has 2 aromatic carbocycles. The van der Waals surface area contributed by atoms with Gasteiger partial charge in [0.1, 0.15) is 23.4 Å². The van der Waals surface area contributed by atoms with Crippen molar-refractivity contribution < 1.29 is 28.2 Å². The third-order valence-electron chi connectivity index (χ3n) is 6.21. The molecule has 0 saturated carbocycles. The maximum Gasteiger partial charge on any atom is 0.326 e. The fourth-order valence-corrected chi connectivity index (χ4v) is 4.21. The third-order valence-corrected chi connectivity index (χ3v) is 6.21. The maximum atomic E-state index is 13.8. The number of hydrogen-bond acceptors (Lipinski definition) is 7. The lowest BCUT2D eigenvalue weighted by atomic mass is 9.98. The smallest absolute Gasteiger partial charge is 0.326 e. The van der Waals surface area contributed by atoms with E-state index in [4.69, 9.17) is 9.15 Å². The van der Waals surface area contributed by atoms with E-state index in [0.29, 0.717) is 58.4 Å². The molecule has 2 heterocycles. The van der Waals surface area contributed by atoms with Gasteiger partial charge in [0.15, 0.2) is 5.76 Å². The molecule has 1 atom stereocenters. The summed E-state index contributed by atoms with van der Waals surface area (Å²) in [5, 5.41) is 15.5. The number of rotatable bonds is 11. The minimum absolute atomic E-state index is 0.0716. The molecule has 0 aliphatic carbocycles. The molecule has 202 valence electrons. The van der Waals surface area contributed by atoms with Crippen molar-refractivity contribution in [3.8, 4) is 17.1 Å². The number of benzene rings is 2. The number of aliphatic carboxylic acids is 1. The van der Waals surface area contributed by atoms with Crippen molar-refractivity contribution in [1.29, 1.82) is 0 Å². The number of methoxy groups -OCH3 is 1. The van der Waals surface area contributed by atoms with Gasteiger partial charge in [-0.25, -0.2) is 19.2 Å². The molecule has 1 amide bonds. The van der Waals surface area contributed by atoms with Gasteiger partial charge in [-0.05, 0) is 48.2 Å². The molecular formula is C29H29FN4O5. The summed E-state index contributed by atoms with van der Waals surface area (Å²) in [6.07, 6.45) is 3.76. The Morgan fingerprint density at radius 1 is 1.13 bits per heavy atom.